The van der Waals surface area contributed by atoms with Crippen molar-refractivity contribution in [2.75, 3.05) is 12.0 Å². The molecule has 2 N–H and O–H groups in total. The zero-order valence-corrected chi connectivity index (χ0v) is 18.7. The van der Waals surface area contributed by atoms with Crippen molar-refractivity contribution >= 4 is 34.3 Å². The number of carbonyl (C=O) groups is 2. The van der Waals surface area contributed by atoms with Crippen molar-refractivity contribution in [3.8, 4) is 0 Å². The van der Waals surface area contributed by atoms with Crippen LogP contribution < -0.4 is 0 Å². The van der Waals surface area contributed by atoms with E-state index in [9.17, 15) is 24.0 Å². The number of aliphatic hydroxyl groups excluding tert-OH is 1. The molecule has 3 heterocycles. The van der Waals surface area contributed by atoms with Crippen LogP contribution in [0.15, 0.2) is 11.6 Å². The standard InChI is InChI=1S/C20H25ClO8S/c1-17-6-8(21)13(23)19(3)12(17)11(28-16(19)24)14-20(29-14)9(17)5-10(22)27-15(20)18(2,25)7-30(4)26/h5,8,11-15,23,25H,6-7H2,1-4H3. The first-order valence-electron chi connectivity index (χ1n) is 9.97. The van der Waals surface area contributed by atoms with E-state index >= 15 is 0 Å². The minimum absolute atomic E-state index is 0.116. The Kier molecular flexibility index (Phi) is 4.08. The van der Waals surface area contributed by atoms with E-state index in [0.29, 0.717) is 12.0 Å². The van der Waals surface area contributed by atoms with E-state index in [2.05, 4.69) is 0 Å². The summed E-state index contributed by atoms with van der Waals surface area (Å²) in [7, 11) is -1.36. The molecule has 0 aromatic carbocycles. The molecule has 11 atom stereocenters. The molecule has 5 aliphatic rings. The van der Waals surface area contributed by atoms with Crippen LogP contribution >= 0.6 is 11.6 Å². The highest BCUT2D eigenvalue weighted by Gasteiger charge is 2.85. The molecule has 1 spiro atoms. The van der Waals surface area contributed by atoms with Gasteiger partial charge in [-0.1, -0.05) is 6.92 Å². The van der Waals surface area contributed by atoms with E-state index in [0.717, 1.165) is 0 Å². The lowest BCUT2D eigenvalue weighted by Gasteiger charge is -2.57. The molecule has 3 aliphatic heterocycles. The highest BCUT2D eigenvalue weighted by molar-refractivity contribution is 7.84. The number of cyclic esters (lactones) is 1. The van der Waals surface area contributed by atoms with Crippen LogP contribution in [-0.2, 0) is 34.6 Å². The molecule has 11 unspecified atom stereocenters. The summed E-state index contributed by atoms with van der Waals surface area (Å²) in [5.74, 6) is -1.75. The van der Waals surface area contributed by atoms with Crippen LogP contribution in [0, 0.1) is 16.7 Å². The number of fused-ring (bicyclic) bond motifs is 2. The first kappa shape index (κ1) is 20.9. The molecule has 10 heteroatoms. The van der Waals surface area contributed by atoms with Gasteiger partial charge in [0.1, 0.15) is 17.8 Å². The molecule has 2 saturated heterocycles. The average molecular weight is 461 g/mol. The van der Waals surface area contributed by atoms with Gasteiger partial charge in [0.05, 0.1) is 22.6 Å². The molecule has 2 saturated carbocycles. The number of halogens is 1. The van der Waals surface area contributed by atoms with Crippen molar-refractivity contribution in [3.63, 3.8) is 0 Å². The molecule has 0 bridgehead atoms. The third kappa shape index (κ3) is 2.25. The fourth-order valence-corrected chi connectivity index (χ4v) is 8.42. The number of carbonyl (C=O) groups excluding carboxylic acids is 2. The topological polar surface area (TPSA) is 123 Å². The molecule has 2 aliphatic carbocycles. The third-order valence-electron chi connectivity index (χ3n) is 7.89. The summed E-state index contributed by atoms with van der Waals surface area (Å²) in [4.78, 5) is 25.5. The van der Waals surface area contributed by atoms with Gasteiger partial charge in [-0.05, 0) is 25.8 Å². The number of rotatable bonds is 3. The SMILES string of the molecule is CS(=O)CC(C)(O)C1OC(=O)C=C2C3(C)CC(Cl)C(O)C4(C)C(=O)OC(C34)C3OC231. The number of hydrogen-bond acceptors (Lipinski definition) is 8. The highest BCUT2D eigenvalue weighted by Crippen LogP contribution is 2.73. The minimum atomic E-state index is -1.63. The summed E-state index contributed by atoms with van der Waals surface area (Å²) in [6.45, 7) is 5.03. The first-order chi connectivity index (χ1) is 13.8. The predicted molar refractivity (Wildman–Crippen MR) is 105 cm³/mol. The first-order valence-corrected chi connectivity index (χ1v) is 12.1. The lowest BCUT2D eigenvalue weighted by molar-refractivity contribution is -0.170. The van der Waals surface area contributed by atoms with Gasteiger partial charge in [-0.2, -0.15) is 0 Å². The summed E-state index contributed by atoms with van der Waals surface area (Å²) in [6, 6.07) is 0. The van der Waals surface area contributed by atoms with Crippen LogP contribution in [0.4, 0.5) is 0 Å². The molecule has 0 aromatic heterocycles. The van der Waals surface area contributed by atoms with Gasteiger partial charge in [0, 0.05) is 34.5 Å². The zero-order chi connectivity index (χ0) is 22.0. The normalized spacial score (nSPS) is 53.9. The van der Waals surface area contributed by atoms with E-state index in [1.54, 1.807) is 6.92 Å². The van der Waals surface area contributed by atoms with E-state index in [1.165, 1.54) is 19.3 Å². The second-order valence-corrected chi connectivity index (χ2v) is 12.0. The zero-order valence-electron chi connectivity index (χ0n) is 17.1. The van der Waals surface area contributed by atoms with Crippen LogP contribution in [0.5, 0.6) is 0 Å². The molecule has 30 heavy (non-hydrogen) atoms. The summed E-state index contributed by atoms with van der Waals surface area (Å²) in [5.41, 5.74) is -4.26. The van der Waals surface area contributed by atoms with Crippen molar-refractivity contribution in [2.45, 2.75) is 68.2 Å². The van der Waals surface area contributed by atoms with Crippen molar-refractivity contribution < 1.29 is 38.2 Å². The maximum Gasteiger partial charge on any atom is 0.331 e. The maximum absolute atomic E-state index is 12.9. The van der Waals surface area contributed by atoms with Gasteiger partial charge in [0.15, 0.2) is 11.7 Å². The van der Waals surface area contributed by atoms with Gasteiger partial charge >= 0.3 is 11.9 Å². The van der Waals surface area contributed by atoms with Gasteiger partial charge in [0.2, 0.25) is 0 Å². The molecule has 0 amide bonds. The van der Waals surface area contributed by atoms with Crippen LogP contribution in [0.25, 0.3) is 0 Å². The van der Waals surface area contributed by atoms with Gasteiger partial charge < -0.3 is 24.4 Å². The molecule has 8 nitrogen and oxygen atoms in total. The lowest BCUT2D eigenvalue weighted by atomic mass is 9.46. The summed E-state index contributed by atoms with van der Waals surface area (Å²) in [6.07, 6.45) is -0.395. The number of hydrogen-bond donors (Lipinski definition) is 2. The fourth-order valence-electron chi connectivity index (χ4n) is 6.86. The van der Waals surface area contributed by atoms with E-state index < -0.39 is 80.5 Å². The monoisotopic (exact) mass is 460 g/mol. The molecular formula is C20H25ClO8S. The Balaban J connectivity index is 1.68. The summed E-state index contributed by atoms with van der Waals surface area (Å²) < 4.78 is 29.3. The Labute approximate surface area is 181 Å². The number of alkyl halides is 1. The average Bonchev–Trinajstić information content (AvgIpc) is 3.27. The Morgan fingerprint density at radius 2 is 2.00 bits per heavy atom. The van der Waals surface area contributed by atoms with Crippen LogP contribution in [0.1, 0.15) is 27.2 Å². The largest absolute Gasteiger partial charge is 0.459 e. The molecule has 166 valence electrons. The molecule has 4 fully saturated rings. The Bertz CT molecular complexity index is 918. The van der Waals surface area contributed by atoms with Gasteiger partial charge in [-0.25, -0.2) is 4.79 Å². The second kappa shape index (κ2) is 5.86. The molecule has 0 aromatic rings. The fraction of sp³-hybridized carbons (Fsp3) is 0.800. The summed E-state index contributed by atoms with van der Waals surface area (Å²) >= 11 is 6.51. The Hall–Kier alpha value is -1.00. The molecule has 0 radical (unpaired) electrons. The van der Waals surface area contributed by atoms with Crippen molar-refractivity contribution in [1.82, 2.24) is 0 Å². The van der Waals surface area contributed by atoms with Crippen LogP contribution in [0.3, 0.4) is 0 Å². The van der Waals surface area contributed by atoms with E-state index in [-0.39, 0.29) is 5.75 Å². The second-order valence-electron chi connectivity index (χ2n) is 9.99. The maximum atomic E-state index is 12.9. The summed E-state index contributed by atoms with van der Waals surface area (Å²) in [5, 5.41) is 21.2. The van der Waals surface area contributed by atoms with Crippen LogP contribution in [0.2, 0.25) is 0 Å². The van der Waals surface area contributed by atoms with Gasteiger partial charge in [0.25, 0.3) is 0 Å². The predicted octanol–water partition coefficient (Wildman–Crippen LogP) is 0.0451. The lowest BCUT2D eigenvalue weighted by Crippen LogP contribution is -2.67. The minimum Gasteiger partial charge on any atom is -0.459 e. The highest BCUT2D eigenvalue weighted by atomic mass is 35.5. The van der Waals surface area contributed by atoms with Crippen molar-refractivity contribution in [3.05, 3.63) is 11.6 Å². The smallest absolute Gasteiger partial charge is 0.331 e. The molecular weight excluding hydrogens is 436 g/mol. The number of aliphatic hydroxyl groups is 2. The Morgan fingerprint density at radius 3 is 2.63 bits per heavy atom. The van der Waals surface area contributed by atoms with E-state index in [4.69, 9.17) is 25.8 Å². The van der Waals surface area contributed by atoms with Gasteiger partial charge in [-0.15, -0.1) is 11.6 Å². The van der Waals surface area contributed by atoms with Crippen molar-refractivity contribution in [1.29, 1.82) is 0 Å². The third-order valence-corrected chi connectivity index (χ3v) is 9.27. The van der Waals surface area contributed by atoms with Crippen LogP contribution in [-0.4, -0.2) is 79.4 Å². The Morgan fingerprint density at radius 1 is 1.33 bits per heavy atom. The van der Waals surface area contributed by atoms with E-state index in [1.807, 2.05) is 6.92 Å². The number of esters is 2. The van der Waals surface area contributed by atoms with Gasteiger partial charge in [-0.3, -0.25) is 9.00 Å². The number of epoxide rings is 1. The molecule has 5 rings (SSSR count). The van der Waals surface area contributed by atoms with Crippen molar-refractivity contribution in [2.24, 2.45) is 16.7 Å². The number of ether oxygens (including phenoxy) is 3. The quantitative estimate of drug-likeness (QED) is 0.344.